The number of aromatic nitrogens is 1. The second kappa shape index (κ2) is 9.00. The molecule has 1 saturated heterocycles. The van der Waals surface area contributed by atoms with Gasteiger partial charge in [-0.2, -0.15) is 5.26 Å². The maximum Gasteiger partial charge on any atom is 0.251 e. The molecular formula is C21H23N5O2. The molecule has 1 aromatic carbocycles. The average molecular weight is 377 g/mol. The van der Waals surface area contributed by atoms with Crippen LogP contribution in [0.5, 0.6) is 0 Å². The zero-order valence-electron chi connectivity index (χ0n) is 15.8. The van der Waals surface area contributed by atoms with Crippen molar-refractivity contribution in [1.82, 2.24) is 15.6 Å². The fraction of sp³-hybridized carbons (Fsp3) is 0.333. The third-order valence-corrected chi connectivity index (χ3v) is 4.95. The molecule has 1 aromatic heterocycles. The molecule has 1 fully saturated rings. The number of piperidine rings is 1. The Morgan fingerprint density at radius 1 is 1.25 bits per heavy atom. The summed E-state index contributed by atoms with van der Waals surface area (Å²) in [6.07, 6.45) is 3.08. The van der Waals surface area contributed by atoms with Crippen molar-refractivity contribution in [2.75, 3.05) is 25.0 Å². The predicted molar refractivity (Wildman–Crippen MR) is 106 cm³/mol. The van der Waals surface area contributed by atoms with Crippen LogP contribution in [0, 0.1) is 17.2 Å². The van der Waals surface area contributed by atoms with Crippen LogP contribution in [0.1, 0.15) is 34.3 Å². The Hall–Kier alpha value is -3.40. The summed E-state index contributed by atoms with van der Waals surface area (Å²) in [6, 6.07) is 12.9. The first kappa shape index (κ1) is 19.4. The number of nitriles is 1. The second-order valence-electron chi connectivity index (χ2n) is 6.78. The van der Waals surface area contributed by atoms with Crippen LogP contribution in [-0.4, -0.2) is 36.9 Å². The van der Waals surface area contributed by atoms with Crippen molar-refractivity contribution in [2.24, 2.45) is 5.92 Å². The normalized spacial score (nSPS) is 14.2. The first-order chi connectivity index (χ1) is 13.6. The predicted octanol–water partition coefficient (Wildman–Crippen LogP) is 1.85. The molecule has 2 aromatic rings. The zero-order chi connectivity index (χ0) is 19.9. The number of hydrogen-bond acceptors (Lipinski definition) is 5. The van der Waals surface area contributed by atoms with Gasteiger partial charge in [0.05, 0.1) is 5.56 Å². The highest BCUT2D eigenvalue weighted by Crippen LogP contribution is 2.22. The minimum absolute atomic E-state index is 0.0308. The molecule has 7 nitrogen and oxygen atoms in total. The van der Waals surface area contributed by atoms with Gasteiger partial charge in [-0.3, -0.25) is 9.59 Å². The van der Waals surface area contributed by atoms with E-state index in [1.165, 1.54) is 0 Å². The quantitative estimate of drug-likeness (QED) is 0.829. The fourth-order valence-corrected chi connectivity index (χ4v) is 3.31. The van der Waals surface area contributed by atoms with Gasteiger partial charge in [-0.05, 0) is 42.7 Å². The van der Waals surface area contributed by atoms with Gasteiger partial charge in [0.2, 0.25) is 5.91 Å². The van der Waals surface area contributed by atoms with E-state index < -0.39 is 0 Å². The zero-order valence-corrected chi connectivity index (χ0v) is 15.8. The first-order valence-electron chi connectivity index (χ1n) is 9.30. The Kier molecular flexibility index (Phi) is 6.22. The molecule has 0 aliphatic carbocycles. The number of anilines is 1. The fourth-order valence-electron chi connectivity index (χ4n) is 3.31. The molecule has 0 spiro atoms. The van der Waals surface area contributed by atoms with Gasteiger partial charge in [-0.15, -0.1) is 0 Å². The number of hydrogen-bond donors (Lipinski definition) is 2. The lowest BCUT2D eigenvalue weighted by atomic mass is 9.95. The summed E-state index contributed by atoms with van der Waals surface area (Å²) < 4.78 is 0. The number of carbonyl (C=O) groups excluding carboxylic acids is 2. The lowest BCUT2D eigenvalue weighted by Gasteiger charge is -2.32. The van der Waals surface area contributed by atoms with E-state index in [0.717, 1.165) is 37.3 Å². The molecule has 7 heteroatoms. The molecule has 2 heterocycles. The highest BCUT2D eigenvalue weighted by molar-refractivity contribution is 5.94. The number of carbonyl (C=O) groups is 2. The third-order valence-electron chi connectivity index (χ3n) is 4.95. The van der Waals surface area contributed by atoms with Crippen LogP contribution in [0.15, 0.2) is 42.6 Å². The third kappa shape index (κ3) is 4.65. The Morgan fingerprint density at radius 3 is 2.68 bits per heavy atom. The van der Waals surface area contributed by atoms with Crippen LogP contribution in [0.2, 0.25) is 0 Å². The van der Waals surface area contributed by atoms with Gasteiger partial charge in [-0.25, -0.2) is 4.98 Å². The van der Waals surface area contributed by atoms with Crippen molar-refractivity contribution < 1.29 is 9.59 Å². The summed E-state index contributed by atoms with van der Waals surface area (Å²) >= 11 is 0. The summed E-state index contributed by atoms with van der Waals surface area (Å²) in [6.45, 7) is 1.91. The Labute approximate surface area is 164 Å². The van der Waals surface area contributed by atoms with E-state index in [4.69, 9.17) is 5.26 Å². The molecule has 0 unspecified atom stereocenters. The van der Waals surface area contributed by atoms with Crippen molar-refractivity contribution in [3.63, 3.8) is 0 Å². The minimum atomic E-state index is -0.142. The first-order valence-corrected chi connectivity index (χ1v) is 9.30. The lowest BCUT2D eigenvalue weighted by molar-refractivity contribution is -0.125. The Bertz CT molecular complexity index is 880. The van der Waals surface area contributed by atoms with E-state index in [1.54, 1.807) is 31.4 Å². The largest absolute Gasteiger partial charge is 0.357 e. The lowest BCUT2D eigenvalue weighted by Crippen LogP contribution is -2.40. The molecule has 1 aliphatic rings. The molecule has 144 valence electrons. The number of pyridine rings is 1. The Balaban J connectivity index is 1.50. The van der Waals surface area contributed by atoms with Crippen molar-refractivity contribution in [3.05, 3.63) is 59.3 Å². The second-order valence-corrected chi connectivity index (χ2v) is 6.78. The smallest absolute Gasteiger partial charge is 0.251 e. The molecule has 2 amide bonds. The van der Waals surface area contributed by atoms with Gasteiger partial charge in [0, 0.05) is 44.4 Å². The van der Waals surface area contributed by atoms with Gasteiger partial charge in [-0.1, -0.05) is 12.1 Å². The van der Waals surface area contributed by atoms with E-state index >= 15 is 0 Å². The van der Waals surface area contributed by atoms with Crippen LogP contribution in [0.4, 0.5) is 5.82 Å². The maximum atomic E-state index is 12.5. The molecule has 1 aliphatic heterocycles. The molecule has 0 radical (unpaired) electrons. The monoisotopic (exact) mass is 377 g/mol. The van der Waals surface area contributed by atoms with E-state index in [-0.39, 0.29) is 17.7 Å². The average Bonchev–Trinajstić information content (AvgIpc) is 2.77. The molecular weight excluding hydrogens is 354 g/mol. The summed E-state index contributed by atoms with van der Waals surface area (Å²) in [4.78, 5) is 30.7. The van der Waals surface area contributed by atoms with Gasteiger partial charge in [0.1, 0.15) is 11.9 Å². The van der Waals surface area contributed by atoms with Gasteiger partial charge < -0.3 is 15.5 Å². The minimum Gasteiger partial charge on any atom is -0.357 e. The Morgan fingerprint density at radius 2 is 2.04 bits per heavy atom. The number of nitrogens with one attached hydrogen (secondary N) is 2. The highest BCUT2D eigenvalue weighted by atomic mass is 16.2. The van der Waals surface area contributed by atoms with Crippen LogP contribution in [0.3, 0.4) is 0 Å². The van der Waals surface area contributed by atoms with E-state index in [2.05, 4.69) is 26.6 Å². The number of benzene rings is 1. The van der Waals surface area contributed by atoms with Crippen LogP contribution >= 0.6 is 0 Å². The van der Waals surface area contributed by atoms with Crippen molar-refractivity contribution in [3.8, 4) is 6.07 Å². The van der Waals surface area contributed by atoms with E-state index in [1.807, 2.05) is 18.2 Å². The van der Waals surface area contributed by atoms with Gasteiger partial charge >= 0.3 is 0 Å². The molecule has 3 rings (SSSR count). The van der Waals surface area contributed by atoms with Crippen LogP contribution in [0.25, 0.3) is 0 Å². The van der Waals surface area contributed by atoms with Gasteiger partial charge in [0.15, 0.2) is 0 Å². The van der Waals surface area contributed by atoms with Crippen LogP contribution in [-0.2, 0) is 11.3 Å². The van der Waals surface area contributed by atoms with Crippen molar-refractivity contribution >= 4 is 17.6 Å². The number of nitrogens with zero attached hydrogens (tertiary/aromatic N) is 3. The molecule has 2 N–H and O–H groups in total. The van der Waals surface area contributed by atoms with Crippen LogP contribution < -0.4 is 15.5 Å². The summed E-state index contributed by atoms with van der Waals surface area (Å²) in [5.74, 6) is 0.704. The molecule has 0 atom stereocenters. The maximum absolute atomic E-state index is 12.5. The number of rotatable bonds is 5. The number of amides is 2. The standard InChI is InChI=1S/C21H23N5O2/c1-23-20(27)18-4-2-3-15(11-18)13-25-21(28)17-7-9-26(10-8-17)19-6-5-16(12-22)14-24-19/h2-6,11,14,17H,7-10,13H2,1H3,(H,23,27)(H,25,28). The van der Waals surface area contributed by atoms with Gasteiger partial charge in [0.25, 0.3) is 5.91 Å². The highest BCUT2D eigenvalue weighted by Gasteiger charge is 2.25. The SMILES string of the molecule is CNC(=O)c1cccc(CNC(=O)C2CCN(c3ccc(C#N)cn3)CC2)c1. The van der Waals surface area contributed by atoms with E-state index in [0.29, 0.717) is 17.7 Å². The topological polar surface area (TPSA) is 98.1 Å². The van der Waals surface area contributed by atoms with Crippen molar-refractivity contribution in [1.29, 1.82) is 5.26 Å². The molecule has 0 saturated carbocycles. The molecule has 28 heavy (non-hydrogen) atoms. The summed E-state index contributed by atoms with van der Waals surface area (Å²) in [5.41, 5.74) is 2.02. The summed E-state index contributed by atoms with van der Waals surface area (Å²) in [5, 5.41) is 14.4. The molecule has 0 bridgehead atoms. The summed E-state index contributed by atoms with van der Waals surface area (Å²) in [7, 11) is 1.59. The van der Waals surface area contributed by atoms with E-state index in [9.17, 15) is 9.59 Å². The van der Waals surface area contributed by atoms with Crippen molar-refractivity contribution in [2.45, 2.75) is 19.4 Å².